The van der Waals surface area contributed by atoms with E-state index < -0.39 is 16.8 Å². The number of amides is 1. The van der Waals surface area contributed by atoms with Crippen LogP contribution in [-0.2, 0) is 15.0 Å². The summed E-state index contributed by atoms with van der Waals surface area (Å²) >= 11 is 6.84. The van der Waals surface area contributed by atoms with Crippen molar-refractivity contribution in [1.29, 1.82) is 0 Å². The van der Waals surface area contributed by atoms with Crippen LogP contribution < -0.4 is 0 Å². The zero-order valence-electron chi connectivity index (χ0n) is 20.7. The summed E-state index contributed by atoms with van der Waals surface area (Å²) in [5, 5.41) is 10.3. The van der Waals surface area contributed by atoms with Crippen LogP contribution in [0.15, 0.2) is 30.0 Å². The molecular weight excluding hydrogens is 434 g/mol. The number of aliphatic carboxylic acids is 1. The first kappa shape index (κ1) is 23.0. The van der Waals surface area contributed by atoms with Crippen molar-refractivity contribution in [3.8, 4) is 0 Å². The van der Waals surface area contributed by atoms with Crippen LogP contribution in [0.2, 0.25) is 5.02 Å². The predicted molar refractivity (Wildman–Crippen MR) is 130 cm³/mol. The zero-order chi connectivity index (χ0) is 24.1. The standard InChI is InChI=1S/C28H36ClNO3/c1-16(2)21-12-30(28-13-27(14-28,15-28)24(32)33)23(31)11-26(21,6)17-7-8-18(22(29)9-17)19-10-20(19)25(3,4)5/h7-9,12,16,19-20H,10-11,13-15H2,1-6H3,(H,32,33)/t19-,20+,26-,27?,28?/m0/s1. The zero-order valence-corrected chi connectivity index (χ0v) is 21.4. The minimum absolute atomic E-state index is 0.0933. The van der Waals surface area contributed by atoms with Crippen LogP contribution in [0.3, 0.4) is 0 Å². The highest BCUT2D eigenvalue weighted by Crippen LogP contribution is 2.71. The molecule has 5 heteroatoms. The van der Waals surface area contributed by atoms with Crippen LogP contribution in [-0.4, -0.2) is 27.4 Å². The average molecular weight is 470 g/mol. The fourth-order valence-corrected chi connectivity index (χ4v) is 7.50. The number of carboxylic acids is 1. The van der Waals surface area contributed by atoms with E-state index in [1.165, 1.54) is 17.6 Å². The van der Waals surface area contributed by atoms with Crippen LogP contribution in [0.5, 0.6) is 0 Å². The molecule has 1 amide bonds. The molecule has 1 aliphatic heterocycles. The molecule has 0 spiro atoms. The first-order chi connectivity index (χ1) is 15.2. The lowest BCUT2D eigenvalue weighted by molar-refractivity contribution is -0.224. The van der Waals surface area contributed by atoms with Gasteiger partial charge in [-0.05, 0) is 71.6 Å². The number of rotatable bonds is 5. The van der Waals surface area contributed by atoms with Crippen LogP contribution >= 0.6 is 11.6 Å². The Labute approximate surface area is 202 Å². The predicted octanol–water partition coefficient (Wildman–Crippen LogP) is 6.53. The Morgan fingerprint density at radius 3 is 2.33 bits per heavy atom. The Morgan fingerprint density at radius 1 is 1.21 bits per heavy atom. The largest absolute Gasteiger partial charge is 0.481 e. The molecule has 1 N–H and O–H groups in total. The number of carboxylic acid groups (broad SMARTS) is 1. The van der Waals surface area contributed by atoms with Crippen LogP contribution in [0.1, 0.15) is 90.7 Å². The molecule has 0 radical (unpaired) electrons. The van der Waals surface area contributed by atoms with Gasteiger partial charge in [0.1, 0.15) is 0 Å². The monoisotopic (exact) mass is 469 g/mol. The molecule has 3 atom stereocenters. The topological polar surface area (TPSA) is 57.6 Å². The Balaban J connectivity index is 1.44. The first-order valence-electron chi connectivity index (χ1n) is 12.3. The fourth-order valence-electron chi connectivity index (χ4n) is 7.18. The van der Waals surface area contributed by atoms with E-state index in [9.17, 15) is 14.7 Å². The van der Waals surface area contributed by atoms with Crippen molar-refractivity contribution < 1.29 is 14.7 Å². The summed E-state index contributed by atoms with van der Waals surface area (Å²) in [5.74, 6) is 0.823. The second-order valence-corrected chi connectivity index (χ2v) is 13.3. The molecule has 33 heavy (non-hydrogen) atoms. The number of benzene rings is 1. The lowest BCUT2D eigenvalue weighted by Gasteiger charge is -2.71. The van der Waals surface area contributed by atoms with Crippen molar-refractivity contribution in [2.45, 2.75) is 90.5 Å². The maximum absolute atomic E-state index is 13.4. The quantitative estimate of drug-likeness (QED) is 0.533. The van der Waals surface area contributed by atoms with E-state index in [1.54, 1.807) is 0 Å². The second kappa shape index (κ2) is 6.87. The summed E-state index contributed by atoms with van der Waals surface area (Å²) < 4.78 is 0. The van der Waals surface area contributed by atoms with E-state index in [1.807, 2.05) is 4.90 Å². The third-order valence-corrected chi connectivity index (χ3v) is 9.54. The number of halogens is 1. The van der Waals surface area contributed by atoms with Crippen molar-refractivity contribution in [3.05, 3.63) is 46.1 Å². The Bertz CT molecular complexity index is 1060. The minimum atomic E-state index is -0.717. The van der Waals surface area contributed by atoms with E-state index in [-0.39, 0.29) is 22.8 Å². The minimum Gasteiger partial charge on any atom is -0.481 e. The van der Waals surface area contributed by atoms with E-state index in [2.05, 4.69) is 65.9 Å². The molecular formula is C28H36ClNO3. The highest BCUT2D eigenvalue weighted by Gasteiger charge is 2.75. The van der Waals surface area contributed by atoms with Gasteiger partial charge >= 0.3 is 5.97 Å². The SMILES string of the molecule is CC(C)C1=CN(C23CC(C(=O)O)(C2)C3)C(=O)C[C@@]1(C)c1ccc([C@@H]2C[C@H]2C(C)(C)C)c(Cl)c1. The molecule has 0 saturated heterocycles. The summed E-state index contributed by atoms with van der Waals surface area (Å²) in [4.78, 5) is 26.9. The van der Waals surface area contributed by atoms with Gasteiger partial charge in [-0.2, -0.15) is 0 Å². The molecule has 4 fully saturated rings. The van der Waals surface area contributed by atoms with Gasteiger partial charge in [0.2, 0.25) is 5.91 Å². The maximum atomic E-state index is 13.4. The number of carbonyl (C=O) groups is 2. The Morgan fingerprint density at radius 2 is 1.85 bits per heavy atom. The summed E-state index contributed by atoms with van der Waals surface area (Å²) in [5.41, 5.74) is 2.54. The molecule has 178 valence electrons. The fraction of sp³-hybridized carbons (Fsp3) is 0.643. The summed E-state index contributed by atoms with van der Waals surface area (Å²) in [6.45, 7) is 13.4. The first-order valence-corrected chi connectivity index (χ1v) is 12.7. The van der Waals surface area contributed by atoms with E-state index >= 15 is 0 Å². The molecule has 1 heterocycles. The van der Waals surface area contributed by atoms with Gasteiger partial charge < -0.3 is 10.0 Å². The molecule has 5 aliphatic rings. The number of nitrogens with zero attached hydrogens (tertiary/aromatic N) is 1. The Hall–Kier alpha value is -1.81. The van der Waals surface area contributed by atoms with E-state index in [4.69, 9.17) is 11.6 Å². The van der Waals surface area contributed by atoms with Crippen LogP contribution in [0.25, 0.3) is 0 Å². The molecule has 4 nitrogen and oxygen atoms in total. The molecule has 4 saturated carbocycles. The summed E-state index contributed by atoms with van der Waals surface area (Å²) in [6.07, 6.45) is 5.37. The number of hydrogen-bond donors (Lipinski definition) is 1. The average Bonchev–Trinajstić information content (AvgIpc) is 3.41. The smallest absolute Gasteiger partial charge is 0.309 e. The van der Waals surface area contributed by atoms with Crippen molar-refractivity contribution in [2.24, 2.45) is 22.7 Å². The maximum Gasteiger partial charge on any atom is 0.309 e. The van der Waals surface area contributed by atoms with Gasteiger partial charge in [0.25, 0.3) is 0 Å². The highest BCUT2D eigenvalue weighted by molar-refractivity contribution is 6.31. The van der Waals surface area contributed by atoms with Gasteiger partial charge in [0.05, 0.1) is 11.0 Å². The molecule has 0 aromatic heterocycles. The van der Waals surface area contributed by atoms with Gasteiger partial charge in [-0.3, -0.25) is 9.59 Å². The lowest BCUT2D eigenvalue weighted by atomic mass is 9.38. The van der Waals surface area contributed by atoms with Crippen LogP contribution in [0.4, 0.5) is 0 Å². The molecule has 1 aromatic rings. The van der Waals surface area contributed by atoms with Crippen LogP contribution in [0, 0.1) is 22.7 Å². The molecule has 4 aliphatic carbocycles. The van der Waals surface area contributed by atoms with Crippen molar-refractivity contribution in [2.75, 3.05) is 0 Å². The van der Waals surface area contributed by atoms with E-state index in [0.29, 0.717) is 37.5 Å². The molecule has 1 aromatic carbocycles. The van der Waals surface area contributed by atoms with Crippen molar-refractivity contribution >= 4 is 23.5 Å². The Kier molecular flexibility index (Phi) is 4.78. The van der Waals surface area contributed by atoms with Gasteiger partial charge in [0.15, 0.2) is 0 Å². The van der Waals surface area contributed by atoms with E-state index in [0.717, 1.165) is 10.6 Å². The summed E-state index contributed by atoms with van der Waals surface area (Å²) in [6, 6.07) is 6.46. The van der Waals surface area contributed by atoms with Gasteiger partial charge in [0, 0.05) is 23.1 Å². The molecule has 2 bridgehead atoms. The third kappa shape index (κ3) is 3.23. The molecule has 6 rings (SSSR count). The van der Waals surface area contributed by atoms with Crippen molar-refractivity contribution in [1.82, 2.24) is 4.90 Å². The normalized spacial score (nSPS) is 37.4. The third-order valence-electron chi connectivity index (χ3n) is 9.21. The van der Waals surface area contributed by atoms with Gasteiger partial charge in [-0.1, -0.05) is 65.3 Å². The number of hydrogen-bond acceptors (Lipinski definition) is 2. The number of allylic oxidation sites excluding steroid dienone is 1. The van der Waals surface area contributed by atoms with Crippen molar-refractivity contribution in [3.63, 3.8) is 0 Å². The lowest BCUT2D eigenvalue weighted by Crippen LogP contribution is -2.77. The molecule has 0 unspecified atom stereocenters. The summed E-state index contributed by atoms with van der Waals surface area (Å²) in [7, 11) is 0. The second-order valence-electron chi connectivity index (χ2n) is 12.9. The van der Waals surface area contributed by atoms with Gasteiger partial charge in [-0.25, -0.2) is 0 Å². The number of carbonyl (C=O) groups excluding carboxylic acids is 1. The van der Waals surface area contributed by atoms with Gasteiger partial charge in [-0.15, -0.1) is 0 Å². The highest BCUT2D eigenvalue weighted by atomic mass is 35.5.